The maximum absolute atomic E-state index is 13.1. The number of carbonyl (C=O) groups excluding carboxylic acids is 1. The van der Waals surface area contributed by atoms with Gasteiger partial charge in [0.2, 0.25) is 0 Å². The van der Waals surface area contributed by atoms with Gasteiger partial charge in [0.15, 0.2) is 11.6 Å². The van der Waals surface area contributed by atoms with Crippen LogP contribution in [0.4, 0.5) is 4.39 Å². The van der Waals surface area contributed by atoms with Gasteiger partial charge in [0.25, 0.3) is 0 Å². The van der Waals surface area contributed by atoms with Gasteiger partial charge in [-0.05, 0) is 31.0 Å². The summed E-state index contributed by atoms with van der Waals surface area (Å²) in [6, 6.07) is 3.93. The van der Waals surface area contributed by atoms with E-state index in [1.54, 1.807) is 6.92 Å². The highest BCUT2D eigenvalue weighted by Crippen LogP contribution is 2.28. The number of phenolic OH excluding ortho intramolecular Hbond substituents is 1. The predicted molar refractivity (Wildman–Crippen MR) is 62.5 cm³/mol. The van der Waals surface area contributed by atoms with Gasteiger partial charge in [-0.3, -0.25) is 4.79 Å². The molecular formula is C12H14ClFO3. The van der Waals surface area contributed by atoms with Gasteiger partial charge < -0.3 is 9.84 Å². The minimum absolute atomic E-state index is 0.185. The number of ether oxygens (including phenoxy) is 1. The zero-order chi connectivity index (χ0) is 12.8. The standard InChI is InChI=1S/C12H14ClFO3/c1-2-17-12(16)6-4-9(13)8-3-5-11(15)10(14)7-8/h3,5,7,9,15H,2,4,6H2,1H3. The Labute approximate surface area is 104 Å². The highest BCUT2D eigenvalue weighted by atomic mass is 35.5. The van der Waals surface area contributed by atoms with E-state index in [9.17, 15) is 9.18 Å². The molecule has 0 saturated heterocycles. The first-order chi connectivity index (χ1) is 8.04. The van der Waals surface area contributed by atoms with Crippen molar-refractivity contribution in [3.05, 3.63) is 29.6 Å². The molecule has 1 N–H and O–H groups in total. The number of aromatic hydroxyl groups is 1. The first-order valence-corrected chi connectivity index (χ1v) is 5.76. The van der Waals surface area contributed by atoms with Crippen LogP contribution in [-0.2, 0) is 9.53 Å². The monoisotopic (exact) mass is 260 g/mol. The van der Waals surface area contributed by atoms with Gasteiger partial charge in [0.1, 0.15) is 0 Å². The van der Waals surface area contributed by atoms with E-state index in [-0.39, 0.29) is 12.4 Å². The van der Waals surface area contributed by atoms with E-state index in [0.29, 0.717) is 18.6 Å². The minimum atomic E-state index is -0.718. The second-order valence-corrected chi connectivity index (χ2v) is 4.05. The Morgan fingerprint density at radius 2 is 2.29 bits per heavy atom. The van der Waals surface area contributed by atoms with Crippen LogP contribution in [0.1, 0.15) is 30.7 Å². The van der Waals surface area contributed by atoms with Gasteiger partial charge in [-0.1, -0.05) is 6.07 Å². The highest BCUT2D eigenvalue weighted by Gasteiger charge is 2.13. The second kappa shape index (κ2) is 6.45. The lowest BCUT2D eigenvalue weighted by Gasteiger charge is -2.09. The first kappa shape index (κ1) is 13.8. The van der Waals surface area contributed by atoms with E-state index in [1.807, 2.05) is 0 Å². The molecule has 0 aliphatic carbocycles. The third-order valence-electron chi connectivity index (χ3n) is 2.24. The Balaban J connectivity index is 2.54. The quantitative estimate of drug-likeness (QED) is 0.653. The van der Waals surface area contributed by atoms with Crippen LogP contribution >= 0.6 is 11.6 Å². The fraction of sp³-hybridized carbons (Fsp3) is 0.417. The van der Waals surface area contributed by atoms with Gasteiger partial charge >= 0.3 is 5.97 Å². The zero-order valence-electron chi connectivity index (χ0n) is 9.45. The summed E-state index contributed by atoms with van der Waals surface area (Å²) in [7, 11) is 0. The molecule has 0 saturated carbocycles. The summed E-state index contributed by atoms with van der Waals surface area (Å²) in [5.74, 6) is -1.45. The third-order valence-corrected chi connectivity index (χ3v) is 2.71. The summed E-state index contributed by atoms with van der Waals surface area (Å²) in [6.07, 6.45) is 0.551. The molecule has 1 aromatic carbocycles. The van der Waals surface area contributed by atoms with Crippen molar-refractivity contribution in [2.24, 2.45) is 0 Å². The van der Waals surface area contributed by atoms with Crippen molar-refractivity contribution in [3.8, 4) is 5.75 Å². The van der Waals surface area contributed by atoms with Crippen molar-refractivity contribution < 1.29 is 19.0 Å². The first-order valence-electron chi connectivity index (χ1n) is 5.32. The van der Waals surface area contributed by atoms with Crippen LogP contribution in [0, 0.1) is 5.82 Å². The molecule has 1 atom stereocenters. The molecular weight excluding hydrogens is 247 g/mol. The number of hydrogen-bond donors (Lipinski definition) is 1. The van der Waals surface area contributed by atoms with Gasteiger partial charge in [-0.15, -0.1) is 11.6 Å². The number of esters is 1. The van der Waals surface area contributed by atoms with Gasteiger partial charge in [-0.25, -0.2) is 4.39 Å². The molecule has 0 amide bonds. The van der Waals surface area contributed by atoms with E-state index in [2.05, 4.69) is 0 Å². The van der Waals surface area contributed by atoms with Gasteiger partial charge in [-0.2, -0.15) is 0 Å². The molecule has 1 aromatic rings. The van der Waals surface area contributed by atoms with E-state index in [0.717, 1.165) is 6.07 Å². The maximum atomic E-state index is 13.1. The summed E-state index contributed by atoms with van der Waals surface area (Å²) in [6.45, 7) is 2.06. The average Bonchev–Trinajstić information content (AvgIpc) is 2.30. The lowest BCUT2D eigenvalue weighted by Crippen LogP contribution is -2.05. The minimum Gasteiger partial charge on any atom is -0.505 e. The molecule has 1 unspecified atom stereocenters. The Kier molecular flexibility index (Phi) is 5.22. The number of carbonyl (C=O) groups is 1. The molecule has 0 radical (unpaired) electrons. The van der Waals surface area contributed by atoms with Crippen molar-refractivity contribution in [2.45, 2.75) is 25.1 Å². The number of phenols is 1. The third kappa shape index (κ3) is 4.23. The van der Waals surface area contributed by atoms with Crippen molar-refractivity contribution in [2.75, 3.05) is 6.61 Å². The van der Waals surface area contributed by atoms with E-state index < -0.39 is 16.9 Å². The van der Waals surface area contributed by atoms with Crippen LogP contribution < -0.4 is 0 Å². The van der Waals surface area contributed by atoms with Gasteiger partial charge in [0.05, 0.1) is 12.0 Å². The fourth-order valence-corrected chi connectivity index (χ4v) is 1.61. The molecule has 0 aromatic heterocycles. The van der Waals surface area contributed by atoms with Crippen LogP contribution in [0.5, 0.6) is 5.75 Å². The number of hydrogen-bond acceptors (Lipinski definition) is 3. The number of benzene rings is 1. The maximum Gasteiger partial charge on any atom is 0.305 e. The zero-order valence-corrected chi connectivity index (χ0v) is 10.2. The van der Waals surface area contributed by atoms with Crippen molar-refractivity contribution >= 4 is 17.6 Å². The van der Waals surface area contributed by atoms with Gasteiger partial charge in [0, 0.05) is 6.42 Å². The smallest absolute Gasteiger partial charge is 0.305 e. The van der Waals surface area contributed by atoms with Crippen LogP contribution in [-0.4, -0.2) is 17.7 Å². The summed E-state index contributed by atoms with van der Waals surface area (Å²) in [5, 5.41) is 8.54. The van der Waals surface area contributed by atoms with E-state index in [1.165, 1.54) is 12.1 Å². The Hall–Kier alpha value is -1.29. The largest absolute Gasteiger partial charge is 0.505 e. The number of rotatable bonds is 5. The molecule has 0 fully saturated rings. The molecule has 3 nitrogen and oxygen atoms in total. The van der Waals surface area contributed by atoms with Crippen molar-refractivity contribution in [1.29, 1.82) is 0 Å². The molecule has 94 valence electrons. The Morgan fingerprint density at radius 3 is 2.88 bits per heavy atom. The van der Waals surface area contributed by atoms with Crippen molar-refractivity contribution in [3.63, 3.8) is 0 Å². The summed E-state index contributed by atoms with van der Waals surface area (Å²) in [4.78, 5) is 11.1. The molecule has 0 heterocycles. The number of alkyl halides is 1. The van der Waals surface area contributed by atoms with E-state index in [4.69, 9.17) is 21.4 Å². The Bertz CT molecular complexity index is 395. The molecule has 1 rings (SSSR count). The molecule has 0 aliphatic rings. The Morgan fingerprint density at radius 1 is 1.59 bits per heavy atom. The highest BCUT2D eigenvalue weighted by molar-refractivity contribution is 6.20. The van der Waals surface area contributed by atoms with Crippen LogP contribution in [0.15, 0.2) is 18.2 Å². The molecule has 0 bridgehead atoms. The normalized spacial score (nSPS) is 12.2. The lowest BCUT2D eigenvalue weighted by molar-refractivity contribution is -0.143. The fourth-order valence-electron chi connectivity index (χ4n) is 1.36. The SMILES string of the molecule is CCOC(=O)CCC(Cl)c1ccc(O)c(F)c1. The summed E-state index contributed by atoms with van der Waals surface area (Å²) in [5.41, 5.74) is 0.534. The van der Waals surface area contributed by atoms with Crippen LogP contribution in [0.25, 0.3) is 0 Å². The lowest BCUT2D eigenvalue weighted by atomic mass is 10.1. The average molecular weight is 261 g/mol. The van der Waals surface area contributed by atoms with E-state index >= 15 is 0 Å². The topological polar surface area (TPSA) is 46.5 Å². The molecule has 0 spiro atoms. The van der Waals surface area contributed by atoms with Crippen molar-refractivity contribution in [1.82, 2.24) is 0 Å². The molecule has 5 heteroatoms. The summed E-state index contributed by atoms with van der Waals surface area (Å²) < 4.78 is 17.8. The summed E-state index contributed by atoms with van der Waals surface area (Å²) >= 11 is 6.02. The molecule has 0 aliphatic heterocycles. The second-order valence-electron chi connectivity index (χ2n) is 3.52. The molecule has 17 heavy (non-hydrogen) atoms. The predicted octanol–water partition coefficient (Wildman–Crippen LogP) is 3.15. The van der Waals surface area contributed by atoms with Crippen LogP contribution in [0.3, 0.4) is 0 Å². The van der Waals surface area contributed by atoms with Crippen LogP contribution in [0.2, 0.25) is 0 Å². The number of halogens is 2.